The molecule has 0 aromatic rings. The Morgan fingerprint density at radius 1 is 0.350 bits per heavy atom. The van der Waals surface area contributed by atoms with Gasteiger partial charge in [-0.1, -0.05) is 77.0 Å². The highest BCUT2D eigenvalue weighted by molar-refractivity contribution is 4.66. The highest BCUT2D eigenvalue weighted by Crippen LogP contribution is 2.16. The lowest BCUT2D eigenvalue weighted by atomic mass is 9.97. The minimum atomic E-state index is 0.499. The molecule has 0 aliphatic heterocycles. The molecular weight excluding hydrogens is 244 g/mol. The number of rotatable bonds is 0. The number of hydrogen-bond acceptors (Lipinski definition) is 2. The molecule has 0 spiro atoms. The van der Waals surface area contributed by atoms with E-state index in [9.17, 15) is 0 Å². The molecule has 0 saturated heterocycles. The van der Waals surface area contributed by atoms with E-state index in [-0.39, 0.29) is 0 Å². The molecule has 0 atom stereocenters. The first kappa shape index (κ1) is 18.0. The SMILES string of the molecule is NC1CCCCC1.NC1CCCCCCCCCCC1. The summed E-state index contributed by atoms with van der Waals surface area (Å²) in [6.07, 6.45) is 22.0. The predicted octanol–water partition coefficient (Wildman–Crippen LogP) is 4.90. The summed E-state index contributed by atoms with van der Waals surface area (Å²) in [5.41, 5.74) is 11.6. The van der Waals surface area contributed by atoms with Gasteiger partial charge in [-0.25, -0.2) is 0 Å². The molecule has 0 heterocycles. The molecule has 0 radical (unpaired) electrons. The average Bonchev–Trinajstić information content (AvgIpc) is 2.44. The number of nitrogens with two attached hydrogens (primary N) is 2. The van der Waals surface area contributed by atoms with Crippen LogP contribution in [0, 0.1) is 0 Å². The Labute approximate surface area is 127 Å². The van der Waals surface area contributed by atoms with E-state index in [0.29, 0.717) is 12.1 Å². The molecule has 0 bridgehead atoms. The minimum Gasteiger partial charge on any atom is -0.328 e. The monoisotopic (exact) mass is 282 g/mol. The molecule has 2 aliphatic carbocycles. The second-order valence-electron chi connectivity index (χ2n) is 6.92. The normalized spacial score (nSPS) is 24.9. The van der Waals surface area contributed by atoms with Crippen molar-refractivity contribution in [1.82, 2.24) is 0 Å². The van der Waals surface area contributed by atoms with Crippen LogP contribution in [-0.4, -0.2) is 12.1 Å². The van der Waals surface area contributed by atoms with Gasteiger partial charge in [-0.15, -0.1) is 0 Å². The topological polar surface area (TPSA) is 52.0 Å². The standard InChI is InChI=1S/C12H25N.C6H13N/c13-12-10-8-6-4-2-1-3-5-7-9-11-12;7-6-4-2-1-3-5-6/h12H,1-11,13H2;6H,1-5,7H2. The van der Waals surface area contributed by atoms with Gasteiger partial charge in [-0.3, -0.25) is 0 Å². The van der Waals surface area contributed by atoms with Gasteiger partial charge in [-0.05, 0) is 25.7 Å². The van der Waals surface area contributed by atoms with Crippen LogP contribution in [0.2, 0.25) is 0 Å². The molecule has 2 heteroatoms. The van der Waals surface area contributed by atoms with Crippen LogP contribution >= 0.6 is 0 Å². The summed E-state index contributed by atoms with van der Waals surface area (Å²) in [5.74, 6) is 0. The summed E-state index contributed by atoms with van der Waals surface area (Å²) in [6.45, 7) is 0. The van der Waals surface area contributed by atoms with Crippen LogP contribution in [0.4, 0.5) is 0 Å². The molecule has 2 rings (SSSR count). The largest absolute Gasteiger partial charge is 0.328 e. The maximum Gasteiger partial charge on any atom is 0.00388 e. The maximum atomic E-state index is 6.01. The molecule has 0 aromatic carbocycles. The molecule has 2 saturated carbocycles. The Balaban J connectivity index is 0.000000240. The van der Waals surface area contributed by atoms with Crippen molar-refractivity contribution in [2.75, 3.05) is 0 Å². The zero-order chi connectivity index (χ0) is 14.5. The first-order valence-electron chi connectivity index (χ1n) is 9.30. The minimum absolute atomic E-state index is 0.499. The van der Waals surface area contributed by atoms with Gasteiger partial charge in [0.05, 0.1) is 0 Å². The first-order valence-corrected chi connectivity index (χ1v) is 9.30. The Morgan fingerprint density at radius 2 is 0.550 bits per heavy atom. The summed E-state index contributed by atoms with van der Waals surface area (Å²) >= 11 is 0. The van der Waals surface area contributed by atoms with E-state index in [1.807, 2.05) is 0 Å². The molecule has 0 unspecified atom stereocenters. The molecule has 20 heavy (non-hydrogen) atoms. The van der Waals surface area contributed by atoms with Crippen LogP contribution in [0.1, 0.15) is 103 Å². The molecule has 2 aliphatic rings. The highest BCUT2D eigenvalue weighted by atomic mass is 14.6. The van der Waals surface area contributed by atoms with Crippen LogP contribution in [-0.2, 0) is 0 Å². The summed E-state index contributed by atoms with van der Waals surface area (Å²) in [5, 5.41) is 0. The zero-order valence-corrected chi connectivity index (χ0v) is 13.6. The van der Waals surface area contributed by atoms with Crippen LogP contribution in [0.3, 0.4) is 0 Å². The quantitative estimate of drug-likeness (QED) is 0.664. The third-order valence-electron chi connectivity index (χ3n) is 4.80. The Bertz CT molecular complexity index is 188. The van der Waals surface area contributed by atoms with E-state index in [1.54, 1.807) is 0 Å². The van der Waals surface area contributed by atoms with Gasteiger partial charge in [0, 0.05) is 12.1 Å². The molecule has 2 fully saturated rings. The lowest BCUT2D eigenvalue weighted by Gasteiger charge is -2.15. The van der Waals surface area contributed by atoms with E-state index in [0.717, 1.165) is 0 Å². The molecule has 2 nitrogen and oxygen atoms in total. The summed E-state index contributed by atoms with van der Waals surface area (Å²) < 4.78 is 0. The predicted molar refractivity (Wildman–Crippen MR) is 89.8 cm³/mol. The van der Waals surface area contributed by atoms with Crippen molar-refractivity contribution in [3.63, 3.8) is 0 Å². The third-order valence-corrected chi connectivity index (χ3v) is 4.80. The van der Waals surface area contributed by atoms with E-state index < -0.39 is 0 Å². The van der Waals surface area contributed by atoms with Crippen LogP contribution in [0.25, 0.3) is 0 Å². The summed E-state index contributed by atoms with van der Waals surface area (Å²) in [6, 6.07) is 1.04. The van der Waals surface area contributed by atoms with Crippen molar-refractivity contribution in [2.45, 2.75) is 115 Å². The zero-order valence-electron chi connectivity index (χ0n) is 13.6. The molecule has 0 aromatic heterocycles. The molecular formula is C18H38N2. The van der Waals surface area contributed by atoms with Crippen molar-refractivity contribution < 1.29 is 0 Å². The smallest absolute Gasteiger partial charge is 0.00388 e. The molecule has 4 N–H and O–H groups in total. The van der Waals surface area contributed by atoms with Crippen LogP contribution in [0.15, 0.2) is 0 Å². The fraction of sp³-hybridized carbons (Fsp3) is 1.00. The van der Waals surface area contributed by atoms with Gasteiger partial charge in [0.15, 0.2) is 0 Å². The van der Waals surface area contributed by atoms with Crippen molar-refractivity contribution in [1.29, 1.82) is 0 Å². The van der Waals surface area contributed by atoms with E-state index in [1.165, 1.54) is 103 Å². The second kappa shape index (κ2) is 12.6. The highest BCUT2D eigenvalue weighted by Gasteiger charge is 2.06. The first-order chi connectivity index (χ1) is 9.79. The fourth-order valence-corrected chi connectivity index (χ4v) is 3.33. The van der Waals surface area contributed by atoms with Gasteiger partial charge in [-0.2, -0.15) is 0 Å². The van der Waals surface area contributed by atoms with Crippen LogP contribution in [0.5, 0.6) is 0 Å². The molecule has 120 valence electrons. The van der Waals surface area contributed by atoms with Gasteiger partial charge in [0.2, 0.25) is 0 Å². The van der Waals surface area contributed by atoms with Crippen molar-refractivity contribution in [3.05, 3.63) is 0 Å². The Kier molecular flexibility index (Phi) is 11.4. The lowest BCUT2D eigenvalue weighted by molar-refractivity contribution is 0.441. The van der Waals surface area contributed by atoms with E-state index >= 15 is 0 Å². The summed E-state index contributed by atoms with van der Waals surface area (Å²) in [4.78, 5) is 0. The Morgan fingerprint density at radius 3 is 0.850 bits per heavy atom. The molecule has 0 amide bonds. The average molecular weight is 283 g/mol. The van der Waals surface area contributed by atoms with Crippen molar-refractivity contribution in [2.24, 2.45) is 11.5 Å². The van der Waals surface area contributed by atoms with E-state index in [2.05, 4.69) is 0 Å². The van der Waals surface area contributed by atoms with Crippen LogP contribution < -0.4 is 11.5 Å². The summed E-state index contributed by atoms with van der Waals surface area (Å²) in [7, 11) is 0. The maximum absolute atomic E-state index is 6.01. The van der Waals surface area contributed by atoms with Gasteiger partial charge in [0.25, 0.3) is 0 Å². The fourth-order valence-electron chi connectivity index (χ4n) is 3.33. The van der Waals surface area contributed by atoms with Gasteiger partial charge >= 0.3 is 0 Å². The second-order valence-corrected chi connectivity index (χ2v) is 6.92. The van der Waals surface area contributed by atoms with E-state index in [4.69, 9.17) is 11.5 Å². The Hall–Kier alpha value is -0.0800. The van der Waals surface area contributed by atoms with Gasteiger partial charge < -0.3 is 11.5 Å². The lowest BCUT2D eigenvalue weighted by Crippen LogP contribution is -2.22. The van der Waals surface area contributed by atoms with Crippen molar-refractivity contribution in [3.8, 4) is 0 Å². The van der Waals surface area contributed by atoms with Crippen molar-refractivity contribution >= 4 is 0 Å². The third kappa shape index (κ3) is 10.7. The number of hydrogen-bond donors (Lipinski definition) is 2. The van der Waals surface area contributed by atoms with Gasteiger partial charge in [0.1, 0.15) is 0 Å².